The Morgan fingerprint density at radius 1 is 1.18 bits per heavy atom. The topological polar surface area (TPSA) is 159 Å². The standard InChI is InChI=1S/C22H19N5O6/c1-30-15-8-11(9-16(31-2)20(15)32-3)19-18-17(12-6-4-5-7-14(12)27(28)29)13(10-23)21(24)33-22(18)26-25-19/h4-9,17H,24H2,1-3H3,(H,25,26). The van der Waals surface area contributed by atoms with E-state index in [1.165, 1.54) is 27.4 Å². The molecule has 0 amide bonds. The maximum absolute atomic E-state index is 11.8. The Labute approximate surface area is 188 Å². The molecule has 168 valence electrons. The maximum atomic E-state index is 11.8. The lowest BCUT2D eigenvalue weighted by molar-refractivity contribution is -0.385. The van der Waals surface area contributed by atoms with Gasteiger partial charge in [0.25, 0.3) is 5.69 Å². The number of H-pyrrole nitrogens is 1. The van der Waals surface area contributed by atoms with Crippen molar-refractivity contribution in [2.45, 2.75) is 5.92 Å². The molecule has 0 saturated carbocycles. The van der Waals surface area contributed by atoms with Gasteiger partial charge in [-0.3, -0.25) is 15.2 Å². The Morgan fingerprint density at radius 3 is 2.42 bits per heavy atom. The van der Waals surface area contributed by atoms with Gasteiger partial charge in [-0.05, 0) is 12.1 Å². The van der Waals surface area contributed by atoms with Gasteiger partial charge in [0.05, 0.1) is 43.4 Å². The van der Waals surface area contributed by atoms with Crippen molar-refractivity contribution in [3.8, 4) is 40.5 Å². The average Bonchev–Trinajstić information content (AvgIpc) is 3.25. The third-order valence-corrected chi connectivity index (χ3v) is 5.34. The number of nitrogens with two attached hydrogens (primary N) is 1. The van der Waals surface area contributed by atoms with Crippen LogP contribution in [-0.4, -0.2) is 36.5 Å². The van der Waals surface area contributed by atoms with Crippen LogP contribution in [0.5, 0.6) is 23.1 Å². The number of hydrogen-bond acceptors (Lipinski definition) is 9. The molecule has 1 aliphatic heterocycles. The van der Waals surface area contributed by atoms with E-state index in [-0.39, 0.29) is 28.6 Å². The van der Waals surface area contributed by atoms with E-state index in [1.807, 2.05) is 6.07 Å². The molecule has 1 unspecified atom stereocenters. The van der Waals surface area contributed by atoms with Crippen LogP contribution in [0.15, 0.2) is 47.9 Å². The molecular weight excluding hydrogens is 430 g/mol. The molecule has 1 atom stereocenters. The largest absolute Gasteiger partial charge is 0.493 e. The molecular formula is C22H19N5O6. The number of aromatic amines is 1. The van der Waals surface area contributed by atoms with Crippen molar-refractivity contribution in [3.05, 3.63) is 69.1 Å². The van der Waals surface area contributed by atoms with Gasteiger partial charge in [-0.25, -0.2) is 0 Å². The molecule has 0 bridgehead atoms. The minimum Gasteiger partial charge on any atom is -0.493 e. The molecule has 2 aromatic carbocycles. The van der Waals surface area contributed by atoms with Crippen LogP contribution < -0.4 is 24.7 Å². The number of nitrogens with one attached hydrogen (secondary N) is 1. The highest BCUT2D eigenvalue weighted by molar-refractivity contribution is 5.75. The molecule has 1 aliphatic rings. The van der Waals surface area contributed by atoms with E-state index in [2.05, 4.69) is 10.2 Å². The maximum Gasteiger partial charge on any atom is 0.273 e. The third kappa shape index (κ3) is 3.43. The van der Waals surface area contributed by atoms with E-state index < -0.39 is 10.8 Å². The van der Waals surface area contributed by atoms with Crippen LogP contribution in [0.1, 0.15) is 17.0 Å². The highest BCUT2D eigenvalue weighted by Gasteiger charge is 2.39. The van der Waals surface area contributed by atoms with Crippen LogP contribution in [0.3, 0.4) is 0 Å². The molecule has 0 radical (unpaired) electrons. The minimum atomic E-state index is -0.895. The first-order valence-corrected chi connectivity index (χ1v) is 9.64. The molecule has 33 heavy (non-hydrogen) atoms. The number of nitro benzene ring substituents is 1. The van der Waals surface area contributed by atoms with Crippen molar-refractivity contribution >= 4 is 5.69 Å². The van der Waals surface area contributed by atoms with Crippen molar-refractivity contribution in [1.82, 2.24) is 10.2 Å². The highest BCUT2D eigenvalue weighted by atomic mass is 16.6. The first-order chi connectivity index (χ1) is 15.9. The predicted molar refractivity (Wildman–Crippen MR) is 116 cm³/mol. The molecule has 3 aromatic rings. The van der Waals surface area contributed by atoms with Crippen LogP contribution in [0, 0.1) is 21.4 Å². The molecule has 2 heterocycles. The zero-order valence-corrected chi connectivity index (χ0v) is 17.9. The molecule has 1 aromatic heterocycles. The van der Waals surface area contributed by atoms with E-state index in [1.54, 1.807) is 30.3 Å². The third-order valence-electron chi connectivity index (χ3n) is 5.34. The Hall–Kier alpha value is -4.72. The lowest BCUT2D eigenvalue weighted by Crippen LogP contribution is -2.21. The summed E-state index contributed by atoms with van der Waals surface area (Å²) in [6.07, 6.45) is 0. The van der Waals surface area contributed by atoms with Crippen LogP contribution >= 0.6 is 0 Å². The van der Waals surface area contributed by atoms with Gasteiger partial charge in [-0.15, -0.1) is 5.10 Å². The van der Waals surface area contributed by atoms with Crippen LogP contribution in [0.25, 0.3) is 11.3 Å². The number of hydrogen-bond donors (Lipinski definition) is 2. The number of nitrogens with zero attached hydrogens (tertiary/aromatic N) is 3. The summed E-state index contributed by atoms with van der Waals surface area (Å²) in [5.74, 6) is 0.225. The molecule has 0 aliphatic carbocycles. The molecule has 11 heteroatoms. The van der Waals surface area contributed by atoms with E-state index in [4.69, 9.17) is 24.7 Å². The Balaban J connectivity index is 2.01. The fourth-order valence-electron chi connectivity index (χ4n) is 3.90. The SMILES string of the molecule is COc1cc(-c2[nH]nc3c2C(c2ccccc2[N+](=O)[O-])C(C#N)=C(N)O3)cc(OC)c1OC. The van der Waals surface area contributed by atoms with Crippen LogP contribution in [-0.2, 0) is 0 Å². The quantitative estimate of drug-likeness (QED) is 0.425. The number of fused-ring (bicyclic) bond motifs is 1. The zero-order valence-electron chi connectivity index (χ0n) is 17.9. The van der Waals surface area contributed by atoms with Gasteiger partial charge in [0.1, 0.15) is 11.6 Å². The number of rotatable bonds is 6. The monoisotopic (exact) mass is 449 g/mol. The summed E-state index contributed by atoms with van der Waals surface area (Å²) in [6.45, 7) is 0. The summed E-state index contributed by atoms with van der Waals surface area (Å²) in [5.41, 5.74) is 7.59. The Kier molecular flexibility index (Phi) is 5.49. The molecule has 0 fully saturated rings. The number of ether oxygens (including phenoxy) is 4. The van der Waals surface area contributed by atoms with Crippen LogP contribution in [0.4, 0.5) is 5.69 Å². The number of methoxy groups -OCH3 is 3. The van der Waals surface area contributed by atoms with Gasteiger partial charge in [-0.1, -0.05) is 18.2 Å². The number of para-hydroxylation sites is 1. The van der Waals surface area contributed by atoms with E-state index in [0.29, 0.717) is 34.1 Å². The molecule has 0 spiro atoms. The van der Waals surface area contributed by atoms with Crippen molar-refractivity contribution in [3.63, 3.8) is 0 Å². The lowest BCUT2D eigenvalue weighted by atomic mass is 9.82. The Bertz CT molecular complexity index is 1300. The molecule has 4 rings (SSSR count). The first kappa shape index (κ1) is 21.5. The van der Waals surface area contributed by atoms with Crippen LogP contribution in [0.2, 0.25) is 0 Å². The lowest BCUT2D eigenvalue weighted by Gasteiger charge is -2.24. The van der Waals surface area contributed by atoms with Gasteiger partial charge in [0, 0.05) is 17.2 Å². The molecule has 3 N–H and O–H groups in total. The van der Waals surface area contributed by atoms with E-state index in [9.17, 15) is 15.4 Å². The van der Waals surface area contributed by atoms with Gasteiger partial charge in [0.15, 0.2) is 11.5 Å². The van der Waals surface area contributed by atoms with Gasteiger partial charge >= 0.3 is 0 Å². The summed E-state index contributed by atoms with van der Waals surface area (Å²) in [6, 6.07) is 11.6. The fourth-order valence-corrected chi connectivity index (χ4v) is 3.90. The number of allylic oxidation sites excluding steroid dienone is 1. The van der Waals surface area contributed by atoms with Crippen molar-refractivity contribution in [1.29, 1.82) is 5.26 Å². The second-order valence-corrected chi connectivity index (χ2v) is 6.97. The summed E-state index contributed by atoms with van der Waals surface area (Å²) in [7, 11) is 4.46. The summed E-state index contributed by atoms with van der Waals surface area (Å²) >= 11 is 0. The highest BCUT2D eigenvalue weighted by Crippen LogP contribution is 2.49. The summed E-state index contributed by atoms with van der Waals surface area (Å²) < 4.78 is 21.8. The second kappa shape index (κ2) is 8.43. The predicted octanol–water partition coefficient (Wildman–Crippen LogP) is 3.23. The Morgan fingerprint density at radius 2 is 1.85 bits per heavy atom. The van der Waals surface area contributed by atoms with Crippen molar-refractivity contribution in [2.24, 2.45) is 5.73 Å². The summed E-state index contributed by atoms with van der Waals surface area (Å²) in [5, 5.41) is 28.7. The minimum absolute atomic E-state index is 0.0342. The number of nitro groups is 1. The smallest absolute Gasteiger partial charge is 0.273 e. The zero-order chi connectivity index (χ0) is 23.7. The van der Waals surface area contributed by atoms with Crippen molar-refractivity contribution < 1.29 is 23.9 Å². The van der Waals surface area contributed by atoms with Gasteiger partial charge < -0.3 is 24.7 Å². The van der Waals surface area contributed by atoms with Gasteiger partial charge in [0.2, 0.25) is 17.5 Å². The fraction of sp³-hybridized carbons (Fsp3) is 0.182. The second-order valence-electron chi connectivity index (χ2n) is 6.97. The van der Waals surface area contributed by atoms with Crippen molar-refractivity contribution in [2.75, 3.05) is 21.3 Å². The molecule has 11 nitrogen and oxygen atoms in total. The number of aromatic nitrogens is 2. The summed E-state index contributed by atoms with van der Waals surface area (Å²) in [4.78, 5) is 11.3. The first-order valence-electron chi connectivity index (χ1n) is 9.64. The molecule has 0 saturated heterocycles. The van der Waals surface area contributed by atoms with Gasteiger partial charge in [-0.2, -0.15) is 5.26 Å². The number of nitriles is 1. The average molecular weight is 449 g/mol. The van der Waals surface area contributed by atoms with E-state index >= 15 is 0 Å². The number of benzene rings is 2. The van der Waals surface area contributed by atoms with E-state index in [0.717, 1.165) is 0 Å². The normalized spacial score (nSPS) is 14.7.